The Morgan fingerprint density at radius 1 is 1.50 bits per heavy atom. The fourth-order valence-corrected chi connectivity index (χ4v) is 2.01. The van der Waals surface area contributed by atoms with E-state index in [1.165, 1.54) is 0 Å². The fourth-order valence-electron chi connectivity index (χ4n) is 2.01. The summed E-state index contributed by atoms with van der Waals surface area (Å²) < 4.78 is 5.13. The maximum atomic E-state index is 11.8. The summed E-state index contributed by atoms with van der Waals surface area (Å²) in [6.45, 7) is 2.06. The second kappa shape index (κ2) is 3.45. The van der Waals surface area contributed by atoms with Crippen LogP contribution in [0.4, 0.5) is 0 Å². The summed E-state index contributed by atoms with van der Waals surface area (Å²) in [5.41, 5.74) is 2.03. The van der Waals surface area contributed by atoms with Crippen LogP contribution in [0.1, 0.15) is 29.3 Å². The SMILES string of the molecule is CCC1Cc2cc(OC)ccc2C1=O. The van der Waals surface area contributed by atoms with E-state index in [9.17, 15) is 4.79 Å². The summed E-state index contributed by atoms with van der Waals surface area (Å²) in [4.78, 5) is 11.8. The van der Waals surface area contributed by atoms with Crippen LogP contribution in [0.15, 0.2) is 18.2 Å². The molecule has 0 heterocycles. The third-order valence-electron chi connectivity index (χ3n) is 2.91. The number of carbonyl (C=O) groups excluding carboxylic acids is 1. The molecule has 0 N–H and O–H groups in total. The second-order valence-corrected chi connectivity index (χ2v) is 3.70. The number of ether oxygens (including phenoxy) is 1. The quantitative estimate of drug-likeness (QED) is 0.716. The van der Waals surface area contributed by atoms with Crippen molar-refractivity contribution < 1.29 is 9.53 Å². The third-order valence-corrected chi connectivity index (χ3v) is 2.91. The van der Waals surface area contributed by atoms with Crippen molar-refractivity contribution in [2.24, 2.45) is 5.92 Å². The molecule has 0 aliphatic heterocycles. The molecule has 1 aromatic carbocycles. The first-order valence-corrected chi connectivity index (χ1v) is 4.97. The minimum Gasteiger partial charge on any atom is -0.497 e. The first kappa shape index (κ1) is 9.25. The molecule has 74 valence electrons. The monoisotopic (exact) mass is 190 g/mol. The van der Waals surface area contributed by atoms with Gasteiger partial charge in [-0.05, 0) is 36.6 Å². The van der Waals surface area contributed by atoms with Crippen molar-refractivity contribution in [3.05, 3.63) is 29.3 Å². The molecule has 0 radical (unpaired) electrons. The molecular formula is C12H14O2. The lowest BCUT2D eigenvalue weighted by Crippen LogP contribution is -2.06. The van der Waals surface area contributed by atoms with Crippen LogP contribution >= 0.6 is 0 Å². The second-order valence-electron chi connectivity index (χ2n) is 3.70. The van der Waals surface area contributed by atoms with Crippen molar-refractivity contribution in [1.82, 2.24) is 0 Å². The summed E-state index contributed by atoms with van der Waals surface area (Å²) in [5, 5.41) is 0. The van der Waals surface area contributed by atoms with Gasteiger partial charge in [0.25, 0.3) is 0 Å². The van der Waals surface area contributed by atoms with Crippen molar-refractivity contribution >= 4 is 5.78 Å². The first-order chi connectivity index (χ1) is 6.76. The molecule has 1 aliphatic rings. The highest BCUT2D eigenvalue weighted by Gasteiger charge is 2.28. The average molecular weight is 190 g/mol. The Labute approximate surface area is 83.9 Å². The van der Waals surface area contributed by atoms with E-state index >= 15 is 0 Å². The van der Waals surface area contributed by atoms with Crippen molar-refractivity contribution in [1.29, 1.82) is 0 Å². The molecule has 0 saturated carbocycles. The highest BCUT2D eigenvalue weighted by Crippen LogP contribution is 2.31. The predicted octanol–water partition coefficient (Wildman–Crippen LogP) is 2.46. The summed E-state index contributed by atoms with van der Waals surface area (Å²) in [6, 6.07) is 5.71. The van der Waals surface area contributed by atoms with Crippen LogP contribution in [0.5, 0.6) is 5.75 Å². The smallest absolute Gasteiger partial charge is 0.166 e. The Hall–Kier alpha value is -1.31. The van der Waals surface area contributed by atoms with Crippen LogP contribution in [-0.4, -0.2) is 12.9 Å². The first-order valence-electron chi connectivity index (χ1n) is 4.97. The highest BCUT2D eigenvalue weighted by molar-refractivity contribution is 6.02. The number of rotatable bonds is 2. The zero-order chi connectivity index (χ0) is 10.1. The topological polar surface area (TPSA) is 26.3 Å². The van der Waals surface area contributed by atoms with Gasteiger partial charge in [0.2, 0.25) is 0 Å². The highest BCUT2D eigenvalue weighted by atomic mass is 16.5. The molecule has 1 aromatic rings. The normalized spacial score (nSPS) is 19.6. The van der Waals surface area contributed by atoms with Gasteiger partial charge in [0.1, 0.15) is 5.75 Å². The van der Waals surface area contributed by atoms with Crippen LogP contribution in [0.2, 0.25) is 0 Å². The number of methoxy groups -OCH3 is 1. The molecule has 2 rings (SSSR count). The predicted molar refractivity (Wildman–Crippen MR) is 54.8 cm³/mol. The number of carbonyl (C=O) groups is 1. The molecule has 0 aromatic heterocycles. The van der Waals surface area contributed by atoms with Crippen molar-refractivity contribution in [2.75, 3.05) is 7.11 Å². The average Bonchev–Trinajstić information content (AvgIpc) is 2.55. The van der Waals surface area contributed by atoms with Gasteiger partial charge in [0.15, 0.2) is 5.78 Å². The summed E-state index contributed by atoms with van der Waals surface area (Å²) >= 11 is 0. The van der Waals surface area contributed by atoms with Gasteiger partial charge in [-0.1, -0.05) is 6.92 Å². The maximum absolute atomic E-state index is 11.8. The third kappa shape index (κ3) is 1.31. The molecule has 1 unspecified atom stereocenters. The Balaban J connectivity index is 2.38. The number of benzene rings is 1. The van der Waals surface area contributed by atoms with Crippen LogP contribution in [0.25, 0.3) is 0 Å². The van der Waals surface area contributed by atoms with Crippen molar-refractivity contribution in [3.8, 4) is 5.75 Å². The molecule has 2 nitrogen and oxygen atoms in total. The Kier molecular flexibility index (Phi) is 2.28. The van der Waals surface area contributed by atoms with Crippen LogP contribution in [-0.2, 0) is 6.42 Å². The molecule has 14 heavy (non-hydrogen) atoms. The molecule has 1 aliphatic carbocycles. The van der Waals surface area contributed by atoms with Gasteiger partial charge in [-0.3, -0.25) is 4.79 Å². The molecule has 0 bridgehead atoms. The summed E-state index contributed by atoms with van der Waals surface area (Å²) in [6.07, 6.45) is 1.80. The molecule has 1 atom stereocenters. The van der Waals surface area contributed by atoms with E-state index in [2.05, 4.69) is 6.92 Å². The maximum Gasteiger partial charge on any atom is 0.166 e. The van der Waals surface area contributed by atoms with E-state index in [1.807, 2.05) is 18.2 Å². The zero-order valence-corrected chi connectivity index (χ0v) is 8.54. The zero-order valence-electron chi connectivity index (χ0n) is 8.54. The van der Waals surface area contributed by atoms with Gasteiger partial charge in [-0.2, -0.15) is 0 Å². The fraction of sp³-hybridized carbons (Fsp3) is 0.417. The Bertz CT molecular complexity index is 369. The van der Waals surface area contributed by atoms with Gasteiger partial charge >= 0.3 is 0 Å². The van der Waals surface area contributed by atoms with Gasteiger partial charge in [-0.25, -0.2) is 0 Å². The van der Waals surface area contributed by atoms with E-state index in [1.54, 1.807) is 7.11 Å². The molecular weight excluding hydrogens is 176 g/mol. The minimum absolute atomic E-state index is 0.192. The molecule has 0 amide bonds. The molecule has 0 saturated heterocycles. The lowest BCUT2D eigenvalue weighted by Gasteiger charge is -2.01. The van der Waals surface area contributed by atoms with E-state index in [4.69, 9.17) is 4.74 Å². The van der Waals surface area contributed by atoms with Crippen LogP contribution in [0.3, 0.4) is 0 Å². The lowest BCUT2D eigenvalue weighted by molar-refractivity contribution is 0.0934. The van der Waals surface area contributed by atoms with Gasteiger partial charge in [0, 0.05) is 11.5 Å². The standard InChI is InChI=1S/C12H14O2/c1-3-8-6-9-7-10(14-2)4-5-11(9)12(8)13/h4-5,7-8H,3,6H2,1-2H3. The van der Waals surface area contributed by atoms with Crippen LogP contribution in [0, 0.1) is 5.92 Å². The van der Waals surface area contributed by atoms with E-state index in [0.29, 0.717) is 5.78 Å². The summed E-state index contributed by atoms with van der Waals surface area (Å²) in [7, 11) is 1.65. The molecule has 2 heteroatoms. The van der Waals surface area contributed by atoms with E-state index in [-0.39, 0.29) is 5.92 Å². The van der Waals surface area contributed by atoms with Crippen LogP contribution < -0.4 is 4.74 Å². The van der Waals surface area contributed by atoms with Gasteiger partial charge < -0.3 is 4.74 Å². The van der Waals surface area contributed by atoms with Gasteiger partial charge in [0.05, 0.1) is 7.11 Å². The summed E-state index contributed by atoms with van der Waals surface area (Å²) in [5.74, 6) is 1.33. The molecule has 0 spiro atoms. The Morgan fingerprint density at radius 2 is 2.29 bits per heavy atom. The van der Waals surface area contributed by atoms with E-state index < -0.39 is 0 Å². The Morgan fingerprint density at radius 3 is 2.93 bits per heavy atom. The van der Waals surface area contributed by atoms with Crippen molar-refractivity contribution in [3.63, 3.8) is 0 Å². The number of hydrogen-bond acceptors (Lipinski definition) is 2. The largest absolute Gasteiger partial charge is 0.497 e. The lowest BCUT2D eigenvalue weighted by atomic mass is 10.0. The number of Topliss-reactive ketones (excluding diaryl/α,β-unsaturated/α-hetero) is 1. The number of fused-ring (bicyclic) bond motifs is 1. The molecule has 0 fully saturated rings. The van der Waals surface area contributed by atoms with Crippen molar-refractivity contribution in [2.45, 2.75) is 19.8 Å². The number of hydrogen-bond donors (Lipinski definition) is 0. The number of ketones is 1. The van der Waals surface area contributed by atoms with E-state index in [0.717, 1.165) is 29.7 Å². The van der Waals surface area contributed by atoms with Gasteiger partial charge in [-0.15, -0.1) is 0 Å². The minimum atomic E-state index is 0.192.